The van der Waals surface area contributed by atoms with Crippen LogP contribution in [0.25, 0.3) is 11.1 Å². The molecule has 1 fully saturated rings. The second kappa shape index (κ2) is 9.87. The van der Waals surface area contributed by atoms with Gasteiger partial charge in [0.15, 0.2) is 0 Å². The van der Waals surface area contributed by atoms with Crippen LogP contribution in [0.2, 0.25) is 0 Å². The summed E-state index contributed by atoms with van der Waals surface area (Å²) in [4.78, 5) is 30.8. The summed E-state index contributed by atoms with van der Waals surface area (Å²) in [5, 5.41) is 0. The number of carbonyl (C=O) groups is 1. The number of hydrogen-bond acceptors (Lipinski definition) is 6. The fourth-order valence-corrected chi connectivity index (χ4v) is 4.03. The van der Waals surface area contributed by atoms with Gasteiger partial charge in [0.25, 0.3) is 5.91 Å². The Labute approximate surface area is 189 Å². The standard InChI is InChI=1S/C25H29N5O2/c1-4-32-17-18-7-9-20(10-8-18)24(31)30-15-5-6-22(30)23-21(19-11-13-26-14-12-19)16-27-25(28-23)29(2)3/h7-14,16,22H,4-6,15,17H2,1-3H3. The van der Waals surface area contributed by atoms with E-state index in [1.807, 2.05) is 73.4 Å². The number of pyridine rings is 1. The molecule has 0 radical (unpaired) electrons. The second-order valence-corrected chi connectivity index (χ2v) is 8.09. The average molecular weight is 432 g/mol. The molecule has 2 aromatic heterocycles. The SMILES string of the molecule is CCOCc1ccc(C(=O)N2CCCC2c2nc(N(C)C)ncc2-c2ccncc2)cc1. The molecule has 7 nitrogen and oxygen atoms in total. The summed E-state index contributed by atoms with van der Waals surface area (Å²) in [6.45, 7) is 3.91. The lowest BCUT2D eigenvalue weighted by molar-refractivity contribution is 0.0733. The Morgan fingerprint density at radius 3 is 2.59 bits per heavy atom. The first kappa shape index (κ1) is 21.9. The van der Waals surface area contributed by atoms with Crippen molar-refractivity contribution in [1.82, 2.24) is 19.9 Å². The number of amides is 1. The van der Waals surface area contributed by atoms with Gasteiger partial charge in [-0.05, 0) is 55.2 Å². The molecular formula is C25H29N5O2. The van der Waals surface area contributed by atoms with E-state index < -0.39 is 0 Å². The van der Waals surface area contributed by atoms with Crippen LogP contribution in [0.15, 0.2) is 55.0 Å². The first-order chi connectivity index (χ1) is 15.6. The zero-order chi connectivity index (χ0) is 22.5. The average Bonchev–Trinajstić information content (AvgIpc) is 3.32. The van der Waals surface area contributed by atoms with Gasteiger partial charge >= 0.3 is 0 Å². The third-order valence-corrected chi connectivity index (χ3v) is 5.70. The predicted molar refractivity (Wildman–Crippen MR) is 124 cm³/mol. The molecule has 0 spiro atoms. The number of hydrogen-bond donors (Lipinski definition) is 0. The van der Waals surface area contributed by atoms with Gasteiger partial charge in [-0.15, -0.1) is 0 Å². The quantitative estimate of drug-likeness (QED) is 0.560. The van der Waals surface area contributed by atoms with Crippen molar-refractivity contribution in [2.45, 2.75) is 32.4 Å². The fourth-order valence-electron chi connectivity index (χ4n) is 4.03. The van der Waals surface area contributed by atoms with E-state index in [2.05, 4.69) is 9.97 Å². The number of anilines is 1. The zero-order valence-electron chi connectivity index (χ0n) is 18.9. The van der Waals surface area contributed by atoms with Gasteiger partial charge in [0.1, 0.15) is 0 Å². The first-order valence-electron chi connectivity index (χ1n) is 11.0. The third kappa shape index (κ3) is 4.62. The molecule has 32 heavy (non-hydrogen) atoms. The van der Waals surface area contributed by atoms with Crippen LogP contribution in [-0.2, 0) is 11.3 Å². The summed E-state index contributed by atoms with van der Waals surface area (Å²) in [7, 11) is 3.85. The van der Waals surface area contributed by atoms with Crippen molar-refractivity contribution in [2.75, 3.05) is 32.1 Å². The summed E-state index contributed by atoms with van der Waals surface area (Å²) in [6, 6.07) is 11.5. The lowest BCUT2D eigenvalue weighted by Crippen LogP contribution is -2.31. The summed E-state index contributed by atoms with van der Waals surface area (Å²) in [6.07, 6.45) is 7.20. The van der Waals surface area contributed by atoms with Gasteiger partial charge < -0.3 is 14.5 Å². The van der Waals surface area contributed by atoms with Gasteiger partial charge in [0.2, 0.25) is 5.95 Å². The van der Waals surface area contributed by atoms with Crippen LogP contribution in [0.3, 0.4) is 0 Å². The van der Waals surface area contributed by atoms with Crippen molar-refractivity contribution in [1.29, 1.82) is 0 Å². The van der Waals surface area contributed by atoms with E-state index >= 15 is 0 Å². The van der Waals surface area contributed by atoms with Crippen molar-refractivity contribution >= 4 is 11.9 Å². The molecule has 3 heterocycles. The highest BCUT2D eigenvalue weighted by atomic mass is 16.5. The molecule has 0 saturated carbocycles. The van der Waals surface area contributed by atoms with E-state index in [1.165, 1.54) is 0 Å². The molecule has 7 heteroatoms. The molecule has 1 aliphatic rings. The number of ether oxygens (including phenoxy) is 1. The molecule has 4 rings (SSSR count). The highest BCUT2D eigenvalue weighted by molar-refractivity contribution is 5.94. The van der Waals surface area contributed by atoms with Gasteiger partial charge in [-0.25, -0.2) is 9.97 Å². The Morgan fingerprint density at radius 1 is 1.16 bits per heavy atom. The van der Waals surface area contributed by atoms with Crippen LogP contribution < -0.4 is 4.90 Å². The second-order valence-electron chi connectivity index (χ2n) is 8.09. The Balaban J connectivity index is 1.66. The van der Waals surface area contributed by atoms with Crippen molar-refractivity contribution < 1.29 is 9.53 Å². The number of carbonyl (C=O) groups excluding carboxylic acids is 1. The Morgan fingerprint density at radius 2 is 1.91 bits per heavy atom. The van der Waals surface area contributed by atoms with Gasteiger partial charge in [0.05, 0.1) is 18.3 Å². The summed E-state index contributed by atoms with van der Waals surface area (Å²) >= 11 is 0. The Bertz CT molecular complexity index is 1050. The lowest BCUT2D eigenvalue weighted by Gasteiger charge is -2.27. The summed E-state index contributed by atoms with van der Waals surface area (Å²) < 4.78 is 5.46. The number of likely N-dealkylation sites (tertiary alicyclic amines) is 1. The molecule has 3 aromatic rings. The van der Waals surface area contributed by atoms with Gasteiger partial charge in [0, 0.05) is 57.0 Å². The molecule has 1 atom stereocenters. The van der Waals surface area contributed by atoms with Crippen molar-refractivity contribution in [3.8, 4) is 11.1 Å². The van der Waals surface area contributed by atoms with E-state index in [9.17, 15) is 4.79 Å². The smallest absolute Gasteiger partial charge is 0.254 e. The molecule has 0 N–H and O–H groups in total. The highest BCUT2D eigenvalue weighted by Crippen LogP contribution is 2.37. The topological polar surface area (TPSA) is 71.5 Å². The molecule has 1 aromatic carbocycles. The Kier molecular flexibility index (Phi) is 6.75. The maximum Gasteiger partial charge on any atom is 0.254 e. The summed E-state index contributed by atoms with van der Waals surface area (Å²) in [5.74, 6) is 0.665. The summed E-state index contributed by atoms with van der Waals surface area (Å²) in [5.41, 5.74) is 4.57. The molecule has 1 saturated heterocycles. The number of rotatable bonds is 7. The minimum atomic E-state index is -0.101. The van der Waals surface area contributed by atoms with Crippen molar-refractivity contribution in [3.63, 3.8) is 0 Å². The van der Waals surface area contributed by atoms with Gasteiger partial charge in [-0.3, -0.25) is 9.78 Å². The largest absolute Gasteiger partial charge is 0.377 e. The molecular weight excluding hydrogens is 402 g/mol. The maximum atomic E-state index is 13.5. The van der Waals surface area contributed by atoms with Crippen molar-refractivity contribution in [3.05, 3.63) is 71.8 Å². The van der Waals surface area contributed by atoms with E-state index in [-0.39, 0.29) is 11.9 Å². The van der Waals surface area contributed by atoms with E-state index in [4.69, 9.17) is 9.72 Å². The lowest BCUT2D eigenvalue weighted by atomic mass is 10.00. The van der Waals surface area contributed by atoms with Gasteiger partial charge in [-0.1, -0.05) is 12.1 Å². The van der Waals surface area contributed by atoms with Crippen LogP contribution >= 0.6 is 0 Å². The van der Waals surface area contributed by atoms with Crippen molar-refractivity contribution in [2.24, 2.45) is 0 Å². The number of nitrogens with zero attached hydrogens (tertiary/aromatic N) is 5. The minimum absolute atomic E-state index is 0.0288. The van der Waals surface area contributed by atoms with Crippen LogP contribution in [0.5, 0.6) is 0 Å². The van der Waals surface area contributed by atoms with Crippen LogP contribution in [0.4, 0.5) is 5.95 Å². The molecule has 0 aliphatic carbocycles. The van der Waals surface area contributed by atoms with Crippen LogP contribution in [0, 0.1) is 0 Å². The monoisotopic (exact) mass is 431 g/mol. The molecule has 1 unspecified atom stereocenters. The third-order valence-electron chi connectivity index (χ3n) is 5.70. The number of benzene rings is 1. The van der Waals surface area contributed by atoms with Gasteiger partial charge in [-0.2, -0.15) is 0 Å². The fraction of sp³-hybridized carbons (Fsp3) is 0.360. The van der Waals surface area contributed by atoms with E-state index in [0.29, 0.717) is 31.3 Å². The van der Waals surface area contributed by atoms with E-state index in [1.54, 1.807) is 12.4 Å². The molecule has 1 amide bonds. The van der Waals surface area contributed by atoms with Crippen LogP contribution in [-0.4, -0.2) is 53.0 Å². The molecule has 166 valence electrons. The van der Waals surface area contributed by atoms with E-state index in [0.717, 1.165) is 35.2 Å². The predicted octanol–water partition coefficient (Wildman–Crippen LogP) is 4.12. The van der Waals surface area contributed by atoms with Crippen LogP contribution in [0.1, 0.15) is 47.4 Å². The first-order valence-corrected chi connectivity index (χ1v) is 11.0. The molecule has 1 aliphatic heterocycles. The Hall–Kier alpha value is -3.32. The zero-order valence-corrected chi connectivity index (χ0v) is 18.9. The maximum absolute atomic E-state index is 13.5. The number of aromatic nitrogens is 3. The highest BCUT2D eigenvalue weighted by Gasteiger charge is 2.34. The molecule has 0 bridgehead atoms. The minimum Gasteiger partial charge on any atom is -0.377 e. The normalized spacial score (nSPS) is 15.7.